The molecule has 0 amide bonds. The monoisotopic (exact) mass is 154 g/mol. The molecule has 0 radical (unpaired) electrons. The first-order valence-corrected chi connectivity index (χ1v) is 4.13. The molecular formula is C9H14O2. The first-order valence-electron chi connectivity index (χ1n) is 4.13. The Morgan fingerprint density at radius 3 is 3.09 bits per heavy atom. The van der Waals surface area contributed by atoms with Crippen LogP contribution in [0, 0.1) is 0 Å². The number of cyclic esters (lactones) is 1. The molecule has 0 aromatic rings. The van der Waals surface area contributed by atoms with Crippen molar-refractivity contribution in [3.63, 3.8) is 0 Å². The van der Waals surface area contributed by atoms with Crippen molar-refractivity contribution in [3.8, 4) is 0 Å². The molecule has 2 heteroatoms. The number of rotatable bonds is 3. The highest BCUT2D eigenvalue weighted by molar-refractivity contribution is 5.71. The Morgan fingerprint density at radius 1 is 1.73 bits per heavy atom. The molecule has 1 atom stereocenters. The molecule has 0 unspecified atom stereocenters. The average molecular weight is 154 g/mol. The van der Waals surface area contributed by atoms with Crippen LogP contribution in [0.2, 0.25) is 0 Å². The summed E-state index contributed by atoms with van der Waals surface area (Å²) in [4.78, 5) is 10.6. The van der Waals surface area contributed by atoms with Crippen LogP contribution < -0.4 is 0 Å². The molecule has 0 aromatic heterocycles. The zero-order chi connectivity index (χ0) is 8.10. The predicted molar refractivity (Wildman–Crippen MR) is 43.2 cm³/mol. The third-order valence-corrected chi connectivity index (χ3v) is 1.86. The summed E-state index contributed by atoms with van der Waals surface area (Å²) in [5.74, 6) is -0.0320. The van der Waals surface area contributed by atoms with Crippen LogP contribution in [0.1, 0.15) is 32.6 Å². The van der Waals surface area contributed by atoms with Crippen molar-refractivity contribution < 1.29 is 9.53 Å². The summed E-state index contributed by atoms with van der Waals surface area (Å²) in [5, 5.41) is 0. The smallest absolute Gasteiger partial charge is 0.306 e. The van der Waals surface area contributed by atoms with Crippen molar-refractivity contribution in [3.05, 3.63) is 12.2 Å². The van der Waals surface area contributed by atoms with Gasteiger partial charge in [0.05, 0.1) is 0 Å². The molecule has 0 saturated carbocycles. The Balaban J connectivity index is 2.13. The van der Waals surface area contributed by atoms with Crippen molar-refractivity contribution in [2.75, 3.05) is 0 Å². The molecule has 11 heavy (non-hydrogen) atoms. The zero-order valence-corrected chi connectivity index (χ0v) is 6.88. The molecule has 0 bridgehead atoms. The number of hydrogen-bond acceptors (Lipinski definition) is 2. The van der Waals surface area contributed by atoms with E-state index in [4.69, 9.17) is 4.74 Å². The lowest BCUT2D eigenvalue weighted by molar-refractivity contribution is -0.141. The van der Waals surface area contributed by atoms with E-state index in [9.17, 15) is 4.79 Å². The molecule has 0 aliphatic carbocycles. The van der Waals surface area contributed by atoms with Gasteiger partial charge in [-0.05, 0) is 26.2 Å². The second-order valence-electron chi connectivity index (χ2n) is 2.80. The van der Waals surface area contributed by atoms with E-state index < -0.39 is 0 Å². The van der Waals surface area contributed by atoms with Crippen molar-refractivity contribution in [2.45, 2.75) is 38.7 Å². The summed E-state index contributed by atoms with van der Waals surface area (Å²) in [5.41, 5.74) is 0. The van der Waals surface area contributed by atoms with Gasteiger partial charge in [0.1, 0.15) is 6.10 Å². The van der Waals surface area contributed by atoms with Gasteiger partial charge in [-0.2, -0.15) is 0 Å². The minimum Gasteiger partial charge on any atom is -0.462 e. The molecule has 1 aliphatic heterocycles. The van der Waals surface area contributed by atoms with Gasteiger partial charge < -0.3 is 4.74 Å². The summed E-state index contributed by atoms with van der Waals surface area (Å²) in [6.07, 6.45) is 7.85. The number of carbonyl (C=O) groups is 1. The number of esters is 1. The highest BCUT2D eigenvalue weighted by atomic mass is 16.5. The third kappa shape index (κ3) is 2.74. The van der Waals surface area contributed by atoms with Crippen LogP contribution in [-0.4, -0.2) is 12.1 Å². The van der Waals surface area contributed by atoms with Crippen molar-refractivity contribution >= 4 is 5.97 Å². The van der Waals surface area contributed by atoms with Crippen LogP contribution >= 0.6 is 0 Å². The van der Waals surface area contributed by atoms with Gasteiger partial charge in [0.2, 0.25) is 0 Å². The minimum absolute atomic E-state index is 0.0320. The van der Waals surface area contributed by atoms with Crippen molar-refractivity contribution in [2.24, 2.45) is 0 Å². The van der Waals surface area contributed by atoms with Gasteiger partial charge in [0, 0.05) is 6.42 Å². The van der Waals surface area contributed by atoms with Crippen LogP contribution in [0.3, 0.4) is 0 Å². The second-order valence-corrected chi connectivity index (χ2v) is 2.80. The summed E-state index contributed by atoms with van der Waals surface area (Å²) in [6, 6.07) is 0. The predicted octanol–water partition coefficient (Wildman–Crippen LogP) is 2.05. The molecule has 2 nitrogen and oxygen atoms in total. The van der Waals surface area contributed by atoms with Crippen LogP contribution in [0.25, 0.3) is 0 Å². The topological polar surface area (TPSA) is 26.3 Å². The largest absolute Gasteiger partial charge is 0.462 e. The molecular weight excluding hydrogens is 140 g/mol. The maximum absolute atomic E-state index is 10.6. The number of hydrogen-bond donors (Lipinski definition) is 0. The maximum Gasteiger partial charge on any atom is 0.306 e. The number of carbonyl (C=O) groups excluding carboxylic acids is 1. The highest BCUT2D eigenvalue weighted by Gasteiger charge is 2.21. The molecule has 1 aliphatic rings. The molecule has 62 valence electrons. The van der Waals surface area contributed by atoms with Crippen LogP contribution in [0.15, 0.2) is 12.2 Å². The normalized spacial score (nSPS) is 24.5. The van der Waals surface area contributed by atoms with Gasteiger partial charge in [0.15, 0.2) is 0 Å². The fourth-order valence-electron chi connectivity index (χ4n) is 1.23. The maximum atomic E-state index is 10.6. The fourth-order valence-corrected chi connectivity index (χ4v) is 1.23. The van der Waals surface area contributed by atoms with Gasteiger partial charge in [-0.1, -0.05) is 12.2 Å². The van der Waals surface area contributed by atoms with Gasteiger partial charge in [-0.25, -0.2) is 0 Å². The molecule has 1 rings (SSSR count). The van der Waals surface area contributed by atoms with E-state index in [-0.39, 0.29) is 12.1 Å². The third-order valence-electron chi connectivity index (χ3n) is 1.86. The fraction of sp³-hybridized carbons (Fsp3) is 0.667. The van der Waals surface area contributed by atoms with E-state index in [1.165, 1.54) is 0 Å². The van der Waals surface area contributed by atoms with Crippen molar-refractivity contribution in [1.29, 1.82) is 0 Å². The van der Waals surface area contributed by atoms with Crippen molar-refractivity contribution in [1.82, 2.24) is 0 Å². The molecule has 1 heterocycles. The molecule has 0 aromatic carbocycles. The second kappa shape index (κ2) is 4.16. The van der Waals surface area contributed by atoms with E-state index >= 15 is 0 Å². The summed E-state index contributed by atoms with van der Waals surface area (Å²) >= 11 is 0. The van der Waals surface area contributed by atoms with E-state index in [0.29, 0.717) is 6.42 Å². The highest BCUT2D eigenvalue weighted by Crippen LogP contribution is 2.17. The van der Waals surface area contributed by atoms with E-state index in [0.717, 1.165) is 19.3 Å². The molecule has 1 fully saturated rings. The Kier molecular flexibility index (Phi) is 3.14. The lowest BCUT2D eigenvalue weighted by Gasteiger charge is -2.05. The van der Waals surface area contributed by atoms with E-state index in [1.807, 2.05) is 13.0 Å². The van der Waals surface area contributed by atoms with Gasteiger partial charge in [-0.15, -0.1) is 0 Å². The first-order chi connectivity index (χ1) is 5.33. The van der Waals surface area contributed by atoms with Crippen LogP contribution in [0.4, 0.5) is 0 Å². The minimum atomic E-state index is -0.0320. The zero-order valence-electron chi connectivity index (χ0n) is 6.88. The summed E-state index contributed by atoms with van der Waals surface area (Å²) in [7, 11) is 0. The van der Waals surface area contributed by atoms with Crippen LogP contribution in [-0.2, 0) is 9.53 Å². The van der Waals surface area contributed by atoms with Crippen LogP contribution in [0.5, 0.6) is 0 Å². The SMILES string of the molecule is C/C=C/CC[C@@H]1CCC(=O)O1. The number of allylic oxidation sites excluding steroid dienone is 2. The lowest BCUT2D eigenvalue weighted by atomic mass is 10.1. The Hall–Kier alpha value is -0.790. The quantitative estimate of drug-likeness (QED) is 0.459. The van der Waals surface area contributed by atoms with E-state index in [1.54, 1.807) is 0 Å². The Labute approximate surface area is 67.2 Å². The molecule has 0 N–H and O–H groups in total. The van der Waals surface area contributed by atoms with Gasteiger partial charge in [-0.3, -0.25) is 4.79 Å². The molecule has 1 saturated heterocycles. The molecule has 0 spiro atoms. The summed E-state index contributed by atoms with van der Waals surface area (Å²) < 4.78 is 5.04. The Bertz CT molecular complexity index is 161. The first kappa shape index (κ1) is 8.31. The average Bonchev–Trinajstić information content (AvgIpc) is 2.37. The standard InChI is InChI=1S/C9H14O2/c1-2-3-4-5-8-6-7-9(10)11-8/h2-3,8H,4-7H2,1H3/b3-2+/t8-/m1/s1. The lowest BCUT2D eigenvalue weighted by Crippen LogP contribution is -2.05. The summed E-state index contributed by atoms with van der Waals surface area (Å²) in [6.45, 7) is 2.00. The van der Waals surface area contributed by atoms with E-state index in [2.05, 4.69) is 6.08 Å². The Morgan fingerprint density at radius 2 is 2.55 bits per heavy atom. The van der Waals surface area contributed by atoms with Gasteiger partial charge in [0.25, 0.3) is 0 Å². The number of ether oxygens (including phenoxy) is 1. The van der Waals surface area contributed by atoms with Gasteiger partial charge >= 0.3 is 5.97 Å².